The molecule has 1 fully saturated rings. The molecule has 0 bridgehead atoms. The van der Waals surface area contributed by atoms with Gasteiger partial charge in [0.15, 0.2) is 23.5 Å². The maximum absolute atomic E-state index is 13.9. The van der Waals surface area contributed by atoms with Crippen molar-refractivity contribution >= 4 is 23.6 Å². The minimum atomic E-state index is -1.46. The number of aromatic nitrogens is 2. The van der Waals surface area contributed by atoms with Crippen LogP contribution in [0.5, 0.6) is 0 Å². The number of allylic oxidation sites excluding steroid dienone is 1. The van der Waals surface area contributed by atoms with E-state index in [2.05, 4.69) is 9.88 Å². The first kappa shape index (κ1) is 36.6. The number of carbonyl (C=O) groups is 4. The van der Waals surface area contributed by atoms with Gasteiger partial charge in [0.2, 0.25) is 0 Å². The summed E-state index contributed by atoms with van der Waals surface area (Å²) in [6, 6.07) is 0.258. The number of hydrogen-bond acceptors (Lipinski definition) is 10. The van der Waals surface area contributed by atoms with E-state index in [4.69, 9.17) is 18.9 Å². The predicted molar refractivity (Wildman–Crippen MR) is 168 cm³/mol. The van der Waals surface area contributed by atoms with Crippen molar-refractivity contribution in [3.8, 4) is 0 Å². The quantitative estimate of drug-likeness (QED) is 0.305. The van der Waals surface area contributed by atoms with Crippen LogP contribution in [0.15, 0.2) is 30.4 Å². The smallest absolute Gasteiger partial charge is 0.420 e. The van der Waals surface area contributed by atoms with Gasteiger partial charge < -0.3 is 23.8 Å². The molecule has 45 heavy (non-hydrogen) atoms. The van der Waals surface area contributed by atoms with Crippen molar-refractivity contribution < 1.29 is 38.1 Å². The van der Waals surface area contributed by atoms with Crippen LogP contribution in [0.25, 0.3) is 0 Å². The van der Waals surface area contributed by atoms with Gasteiger partial charge in [0.25, 0.3) is 0 Å². The second kappa shape index (κ2) is 15.6. The number of imidazole rings is 1. The lowest BCUT2D eigenvalue weighted by Gasteiger charge is -2.41. The molecule has 0 aliphatic carbocycles. The SMILES string of the molecule is CC[C@H]1OC(=O)[C@H](C)C(=O)[C@H](C)[C@@H](O[C@H]2C[C@@H](N(C)C)C[C@@H](C)O2)[C@@H](C)C[C@@H](C)C(=O)/C(C)=C/[C@]1(CC)OC(=O)n1ccnc1. The number of hydrogen-bond donors (Lipinski definition) is 0. The molecule has 2 aliphatic heterocycles. The van der Waals surface area contributed by atoms with Crippen LogP contribution in [-0.2, 0) is 33.3 Å². The lowest BCUT2D eigenvalue weighted by molar-refractivity contribution is -0.236. The molecule has 3 heterocycles. The zero-order chi connectivity index (χ0) is 33.6. The highest BCUT2D eigenvalue weighted by Crippen LogP contribution is 2.35. The van der Waals surface area contributed by atoms with E-state index in [1.54, 1.807) is 40.7 Å². The van der Waals surface area contributed by atoms with Crippen LogP contribution in [0.2, 0.25) is 0 Å². The van der Waals surface area contributed by atoms with Gasteiger partial charge in [-0.05, 0) is 78.1 Å². The van der Waals surface area contributed by atoms with Crippen LogP contribution in [-0.4, -0.2) is 88.4 Å². The maximum Gasteiger partial charge on any atom is 0.420 e. The topological polar surface area (TPSA) is 126 Å². The number of carbonyl (C=O) groups excluding carboxylic acids is 4. The third kappa shape index (κ3) is 8.68. The second-order valence-electron chi connectivity index (χ2n) is 13.3. The molecule has 10 atom stereocenters. The molecule has 11 nitrogen and oxygen atoms in total. The van der Waals surface area contributed by atoms with E-state index in [1.165, 1.54) is 23.3 Å². The first-order valence-corrected chi connectivity index (χ1v) is 16.3. The molecule has 1 saturated heterocycles. The van der Waals surface area contributed by atoms with Gasteiger partial charge in [-0.1, -0.05) is 34.6 Å². The number of Topliss-reactive ketones (excluding diaryl/α,β-unsaturated/α-hetero) is 2. The monoisotopic (exact) mass is 631 g/mol. The van der Waals surface area contributed by atoms with Crippen molar-refractivity contribution in [1.29, 1.82) is 0 Å². The number of ether oxygens (including phenoxy) is 4. The Balaban J connectivity index is 2.02. The molecular formula is C34H53N3O8. The zero-order valence-corrected chi connectivity index (χ0v) is 28.6. The normalized spacial score (nSPS) is 37.0. The summed E-state index contributed by atoms with van der Waals surface area (Å²) in [5, 5.41) is 0. The lowest BCUT2D eigenvalue weighted by Crippen LogP contribution is -2.50. The molecule has 0 unspecified atom stereocenters. The average Bonchev–Trinajstić information content (AvgIpc) is 3.55. The van der Waals surface area contributed by atoms with Gasteiger partial charge in [-0.25, -0.2) is 14.3 Å². The fourth-order valence-corrected chi connectivity index (χ4v) is 6.74. The van der Waals surface area contributed by atoms with Crippen molar-refractivity contribution in [2.24, 2.45) is 23.7 Å². The Bertz CT molecular complexity index is 1210. The Labute approximate surface area is 268 Å². The van der Waals surface area contributed by atoms with Crippen molar-refractivity contribution in [2.75, 3.05) is 14.1 Å². The molecule has 252 valence electrons. The van der Waals surface area contributed by atoms with Gasteiger partial charge in [0.1, 0.15) is 18.3 Å². The average molecular weight is 632 g/mol. The molecule has 2 aliphatic rings. The van der Waals surface area contributed by atoms with Gasteiger partial charge in [0.05, 0.1) is 12.2 Å². The first-order chi connectivity index (χ1) is 21.1. The highest BCUT2D eigenvalue weighted by molar-refractivity contribution is 6.00. The molecule has 0 saturated carbocycles. The zero-order valence-electron chi connectivity index (χ0n) is 28.6. The number of cyclic esters (lactones) is 1. The van der Waals surface area contributed by atoms with E-state index in [0.29, 0.717) is 18.4 Å². The summed E-state index contributed by atoms with van der Waals surface area (Å²) in [6.45, 7) is 14.5. The Morgan fingerprint density at radius 2 is 1.78 bits per heavy atom. The summed E-state index contributed by atoms with van der Waals surface area (Å²) in [5.41, 5.74) is -1.06. The van der Waals surface area contributed by atoms with Crippen LogP contribution >= 0.6 is 0 Å². The Hall–Kier alpha value is -2.89. The van der Waals surface area contributed by atoms with Gasteiger partial charge in [-0.2, -0.15) is 0 Å². The van der Waals surface area contributed by atoms with Gasteiger partial charge in [-0.15, -0.1) is 0 Å². The first-order valence-electron chi connectivity index (χ1n) is 16.3. The van der Waals surface area contributed by atoms with Crippen LogP contribution < -0.4 is 0 Å². The molecule has 1 aromatic rings. The van der Waals surface area contributed by atoms with Crippen LogP contribution in [0.1, 0.15) is 87.5 Å². The second-order valence-corrected chi connectivity index (χ2v) is 13.3. The van der Waals surface area contributed by atoms with E-state index in [-0.39, 0.29) is 42.5 Å². The standard InChI is InChI=1S/C34H53N3O8/c1-11-27-34(12-2,45-33(41)37-14-13-35-19-37)18-22(5)29(38)20(3)15-21(4)31(24(7)30(39)25(8)32(40)43-27)44-28-17-26(36(9)10)16-23(6)42-28/h13-14,18-21,23-28,31H,11-12,15-17H2,1-10H3/b22-18+/t20-,21+,23-,24+,25-,26+,27-,28+,31+,34+/m1/s1. The maximum atomic E-state index is 13.9. The Morgan fingerprint density at radius 1 is 1.09 bits per heavy atom. The van der Waals surface area contributed by atoms with Crippen LogP contribution in [0.3, 0.4) is 0 Å². The van der Waals surface area contributed by atoms with E-state index in [9.17, 15) is 19.2 Å². The molecule has 0 amide bonds. The largest absolute Gasteiger partial charge is 0.457 e. The van der Waals surface area contributed by atoms with Crippen LogP contribution in [0, 0.1) is 23.7 Å². The van der Waals surface area contributed by atoms with Crippen LogP contribution in [0.4, 0.5) is 4.79 Å². The summed E-state index contributed by atoms with van der Waals surface area (Å²) in [4.78, 5) is 60.6. The van der Waals surface area contributed by atoms with Crippen molar-refractivity contribution in [2.45, 2.75) is 124 Å². The van der Waals surface area contributed by atoms with Crippen molar-refractivity contribution in [1.82, 2.24) is 14.5 Å². The summed E-state index contributed by atoms with van der Waals surface area (Å²) < 4.78 is 26.0. The molecule has 0 spiro atoms. The molecule has 0 N–H and O–H groups in total. The highest BCUT2D eigenvalue weighted by atomic mass is 16.7. The van der Waals surface area contributed by atoms with E-state index < -0.39 is 53.9 Å². The van der Waals surface area contributed by atoms with E-state index in [0.717, 1.165) is 6.42 Å². The molecule has 0 radical (unpaired) electrons. The van der Waals surface area contributed by atoms with Gasteiger partial charge >= 0.3 is 12.1 Å². The van der Waals surface area contributed by atoms with Crippen molar-refractivity contribution in [3.05, 3.63) is 30.4 Å². The fraction of sp³-hybridized carbons (Fsp3) is 0.735. The minimum absolute atomic E-state index is 0.0224. The fourth-order valence-electron chi connectivity index (χ4n) is 6.74. The minimum Gasteiger partial charge on any atom is -0.457 e. The molecule has 11 heteroatoms. The van der Waals surface area contributed by atoms with E-state index >= 15 is 0 Å². The highest BCUT2D eigenvalue weighted by Gasteiger charge is 2.45. The summed E-state index contributed by atoms with van der Waals surface area (Å²) in [5.74, 6) is -3.60. The molecular weight excluding hydrogens is 578 g/mol. The van der Waals surface area contributed by atoms with E-state index in [1.807, 2.05) is 34.9 Å². The molecule has 3 rings (SSSR count). The number of rotatable bonds is 6. The number of ketones is 2. The third-order valence-corrected chi connectivity index (χ3v) is 9.52. The number of nitrogens with zero attached hydrogens (tertiary/aromatic N) is 3. The Morgan fingerprint density at radius 3 is 2.36 bits per heavy atom. The third-order valence-electron chi connectivity index (χ3n) is 9.52. The number of esters is 1. The van der Waals surface area contributed by atoms with Crippen molar-refractivity contribution in [3.63, 3.8) is 0 Å². The summed E-state index contributed by atoms with van der Waals surface area (Å²) in [7, 11) is 4.06. The lowest BCUT2D eigenvalue weighted by atomic mass is 9.79. The summed E-state index contributed by atoms with van der Waals surface area (Å²) in [6.07, 6.45) is 5.44. The van der Waals surface area contributed by atoms with Gasteiger partial charge in [0, 0.05) is 36.7 Å². The summed E-state index contributed by atoms with van der Waals surface area (Å²) >= 11 is 0. The predicted octanol–water partition coefficient (Wildman–Crippen LogP) is 5.21. The molecule has 0 aromatic carbocycles. The Kier molecular flexibility index (Phi) is 12.7. The van der Waals surface area contributed by atoms with Gasteiger partial charge in [-0.3, -0.25) is 14.4 Å². The molecule has 1 aromatic heterocycles.